The first-order valence-corrected chi connectivity index (χ1v) is 5.43. The standard InChI is InChI=1S/C12H18N2O3/c1-8(6-13)7-14-12(16)10-5-9(17-2)3-4-11(10)15/h3-5,8,15H,6-7,13H2,1-2H3,(H,14,16). The van der Waals surface area contributed by atoms with Crippen LogP contribution < -0.4 is 15.8 Å². The molecular weight excluding hydrogens is 220 g/mol. The minimum absolute atomic E-state index is 0.0660. The van der Waals surface area contributed by atoms with Gasteiger partial charge in [-0.05, 0) is 30.7 Å². The topological polar surface area (TPSA) is 84.6 Å². The van der Waals surface area contributed by atoms with Crippen molar-refractivity contribution >= 4 is 5.91 Å². The smallest absolute Gasteiger partial charge is 0.255 e. The van der Waals surface area contributed by atoms with Gasteiger partial charge in [-0.25, -0.2) is 0 Å². The normalized spacial score (nSPS) is 11.9. The monoisotopic (exact) mass is 238 g/mol. The van der Waals surface area contributed by atoms with Gasteiger partial charge in [-0.2, -0.15) is 0 Å². The maximum atomic E-state index is 11.8. The van der Waals surface area contributed by atoms with Crippen molar-refractivity contribution in [3.8, 4) is 11.5 Å². The number of carbonyl (C=O) groups is 1. The second-order valence-electron chi connectivity index (χ2n) is 3.93. The summed E-state index contributed by atoms with van der Waals surface area (Å²) in [6, 6.07) is 4.52. The number of amides is 1. The molecule has 1 amide bonds. The van der Waals surface area contributed by atoms with E-state index < -0.39 is 0 Å². The third-order valence-electron chi connectivity index (χ3n) is 2.46. The van der Waals surface area contributed by atoms with Crippen LogP contribution in [-0.2, 0) is 0 Å². The molecule has 5 nitrogen and oxygen atoms in total. The minimum Gasteiger partial charge on any atom is -0.507 e. The summed E-state index contributed by atoms with van der Waals surface area (Å²) in [6.07, 6.45) is 0. The van der Waals surface area contributed by atoms with E-state index in [9.17, 15) is 9.90 Å². The molecular formula is C12H18N2O3. The number of ether oxygens (including phenoxy) is 1. The van der Waals surface area contributed by atoms with E-state index in [1.165, 1.54) is 19.2 Å². The van der Waals surface area contributed by atoms with Crippen molar-refractivity contribution in [1.29, 1.82) is 0 Å². The molecule has 1 atom stereocenters. The average Bonchev–Trinajstić information content (AvgIpc) is 2.36. The van der Waals surface area contributed by atoms with Crippen molar-refractivity contribution in [3.63, 3.8) is 0 Å². The van der Waals surface area contributed by atoms with E-state index in [2.05, 4.69) is 5.32 Å². The summed E-state index contributed by atoms with van der Waals surface area (Å²) in [5.74, 6) is 0.330. The molecule has 1 rings (SSSR count). The molecule has 5 heteroatoms. The van der Waals surface area contributed by atoms with Gasteiger partial charge in [-0.1, -0.05) is 6.92 Å². The molecule has 0 saturated carbocycles. The van der Waals surface area contributed by atoms with Crippen LogP contribution >= 0.6 is 0 Å². The largest absolute Gasteiger partial charge is 0.507 e. The summed E-state index contributed by atoms with van der Waals surface area (Å²) in [6.45, 7) is 2.92. The van der Waals surface area contributed by atoms with Crippen molar-refractivity contribution in [2.75, 3.05) is 20.2 Å². The van der Waals surface area contributed by atoms with Gasteiger partial charge in [-0.15, -0.1) is 0 Å². The molecule has 94 valence electrons. The SMILES string of the molecule is COc1ccc(O)c(C(=O)NCC(C)CN)c1. The van der Waals surface area contributed by atoms with Crippen LogP contribution in [0.2, 0.25) is 0 Å². The lowest BCUT2D eigenvalue weighted by molar-refractivity contribution is 0.0945. The molecule has 4 N–H and O–H groups in total. The Morgan fingerprint density at radius 2 is 2.29 bits per heavy atom. The number of hydrogen-bond acceptors (Lipinski definition) is 4. The number of carbonyl (C=O) groups excluding carboxylic acids is 1. The maximum Gasteiger partial charge on any atom is 0.255 e. The Morgan fingerprint density at radius 3 is 2.88 bits per heavy atom. The van der Waals surface area contributed by atoms with E-state index in [1.807, 2.05) is 6.92 Å². The van der Waals surface area contributed by atoms with Gasteiger partial charge in [-0.3, -0.25) is 4.79 Å². The van der Waals surface area contributed by atoms with Gasteiger partial charge >= 0.3 is 0 Å². The van der Waals surface area contributed by atoms with Crippen molar-refractivity contribution in [2.24, 2.45) is 11.7 Å². The zero-order valence-corrected chi connectivity index (χ0v) is 10.1. The van der Waals surface area contributed by atoms with Crippen molar-refractivity contribution in [3.05, 3.63) is 23.8 Å². The van der Waals surface area contributed by atoms with Crippen LogP contribution in [0.25, 0.3) is 0 Å². The van der Waals surface area contributed by atoms with Crippen molar-refractivity contribution < 1.29 is 14.6 Å². The van der Waals surface area contributed by atoms with Gasteiger partial charge < -0.3 is 20.9 Å². The number of rotatable bonds is 5. The summed E-state index contributed by atoms with van der Waals surface area (Å²) in [5, 5.41) is 12.3. The highest BCUT2D eigenvalue weighted by molar-refractivity contribution is 5.97. The molecule has 0 bridgehead atoms. The maximum absolute atomic E-state index is 11.8. The summed E-state index contributed by atoms with van der Waals surface area (Å²) in [4.78, 5) is 11.8. The fourth-order valence-corrected chi connectivity index (χ4v) is 1.27. The number of hydrogen-bond donors (Lipinski definition) is 3. The fraction of sp³-hybridized carbons (Fsp3) is 0.417. The van der Waals surface area contributed by atoms with E-state index in [1.54, 1.807) is 6.07 Å². The Labute approximate surface area is 101 Å². The molecule has 1 aromatic rings. The first-order valence-electron chi connectivity index (χ1n) is 5.43. The number of benzene rings is 1. The van der Waals surface area contributed by atoms with Crippen LogP contribution in [0, 0.1) is 5.92 Å². The zero-order chi connectivity index (χ0) is 12.8. The predicted molar refractivity (Wildman–Crippen MR) is 65.2 cm³/mol. The summed E-state index contributed by atoms with van der Waals surface area (Å²) < 4.78 is 5.00. The van der Waals surface area contributed by atoms with E-state index in [0.717, 1.165) is 0 Å². The van der Waals surface area contributed by atoms with E-state index in [-0.39, 0.29) is 23.1 Å². The molecule has 0 aliphatic carbocycles. The average molecular weight is 238 g/mol. The Morgan fingerprint density at radius 1 is 1.59 bits per heavy atom. The van der Waals surface area contributed by atoms with Gasteiger partial charge in [0.1, 0.15) is 11.5 Å². The van der Waals surface area contributed by atoms with Crippen LogP contribution in [0.1, 0.15) is 17.3 Å². The van der Waals surface area contributed by atoms with E-state index >= 15 is 0 Å². The number of aromatic hydroxyl groups is 1. The number of methoxy groups -OCH3 is 1. The quantitative estimate of drug-likeness (QED) is 0.706. The number of phenolic OH excluding ortho intramolecular Hbond substituents is 1. The predicted octanol–water partition coefficient (Wildman–Crippen LogP) is 0.725. The van der Waals surface area contributed by atoms with Crippen LogP contribution in [0.3, 0.4) is 0 Å². The molecule has 1 unspecified atom stereocenters. The highest BCUT2D eigenvalue weighted by Gasteiger charge is 2.12. The van der Waals surface area contributed by atoms with Crippen LogP contribution in [0.5, 0.6) is 11.5 Å². The molecule has 0 spiro atoms. The van der Waals surface area contributed by atoms with Crippen LogP contribution in [-0.4, -0.2) is 31.2 Å². The Kier molecular flexibility index (Phi) is 4.78. The highest BCUT2D eigenvalue weighted by atomic mass is 16.5. The summed E-state index contributed by atoms with van der Waals surface area (Å²) in [7, 11) is 1.50. The third-order valence-corrected chi connectivity index (χ3v) is 2.46. The number of phenols is 1. The lowest BCUT2D eigenvalue weighted by Crippen LogP contribution is -2.31. The molecule has 0 fully saturated rings. The molecule has 17 heavy (non-hydrogen) atoms. The Hall–Kier alpha value is -1.75. The number of nitrogens with one attached hydrogen (secondary N) is 1. The Balaban J connectivity index is 2.74. The van der Waals surface area contributed by atoms with Crippen molar-refractivity contribution in [1.82, 2.24) is 5.32 Å². The van der Waals surface area contributed by atoms with Gasteiger partial charge in [0, 0.05) is 6.54 Å². The summed E-state index contributed by atoms with van der Waals surface area (Å²) in [5.41, 5.74) is 5.65. The van der Waals surface area contributed by atoms with Crippen LogP contribution in [0.15, 0.2) is 18.2 Å². The fourth-order valence-electron chi connectivity index (χ4n) is 1.27. The van der Waals surface area contributed by atoms with E-state index in [0.29, 0.717) is 18.8 Å². The zero-order valence-electron chi connectivity index (χ0n) is 10.1. The molecule has 0 radical (unpaired) electrons. The number of nitrogens with two attached hydrogens (primary N) is 1. The molecule has 0 aliphatic heterocycles. The minimum atomic E-state index is -0.332. The van der Waals surface area contributed by atoms with Gasteiger partial charge in [0.15, 0.2) is 0 Å². The van der Waals surface area contributed by atoms with E-state index in [4.69, 9.17) is 10.5 Å². The molecule has 0 aliphatic rings. The highest BCUT2D eigenvalue weighted by Crippen LogP contribution is 2.22. The van der Waals surface area contributed by atoms with Crippen LogP contribution in [0.4, 0.5) is 0 Å². The second-order valence-corrected chi connectivity index (χ2v) is 3.93. The lowest BCUT2D eigenvalue weighted by Gasteiger charge is -2.11. The van der Waals surface area contributed by atoms with Gasteiger partial charge in [0.05, 0.1) is 12.7 Å². The van der Waals surface area contributed by atoms with Gasteiger partial charge in [0.2, 0.25) is 0 Å². The Bertz CT molecular complexity index is 393. The molecule has 0 heterocycles. The summed E-state index contributed by atoms with van der Waals surface area (Å²) >= 11 is 0. The first kappa shape index (κ1) is 13.3. The van der Waals surface area contributed by atoms with Gasteiger partial charge in [0.25, 0.3) is 5.91 Å². The molecule has 0 aromatic heterocycles. The van der Waals surface area contributed by atoms with Crippen molar-refractivity contribution in [2.45, 2.75) is 6.92 Å². The third kappa shape index (κ3) is 3.64. The second kappa shape index (κ2) is 6.10. The molecule has 1 aromatic carbocycles. The lowest BCUT2D eigenvalue weighted by atomic mass is 10.1. The molecule has 0 saturated heterocycles. The first-order chi connectivity index (χ1) is 8.08.